The molecule has 2 aromatic heterocycles. The standard InChI is InChI=1S/C26H27F5N6O3/c27-18-4-1-3-17(21(18)28)15-6-7-19(23(38)36(13-15)14-26(29,30)31)33-24(39)35-11-8-16(9-12-35)37-20-5-2-10-32-22(20)34-25(37)40/h1-5,10,15-16,19H,6-9,11-14H2,(H,33,39)(H,32,34,40)/t15-,19-/m1/s1/i6D2,7D2,13D2,14D2,15D,19D. The molecule has 3 aromatic rings. The molecule has 14 heteroatoms. The SMILES string of the molecule is [2H]C([2H])(N1C(=O)[C@]([2H])(NC(=O)N2CCC(n3c(=O)[nH]c4ncccc43)CC2)C([2H])([2H])C([2H])([2H])[C@@]([2H])(c2cccc(F)c2F)C1([2H])[2H])C(F)(F)F. The maximum atomic E-state index is 15.2. The third-order valence-corrected chi connectivity index (χ3v) is 6.25. The maximum absolute atomic E-state index is 15.2. The molecule has 5 rings (SSSR count). The van der Waals surface area contributed by atoms with E-state index in [4.69, 9.17) is 13.7 Å². The lowest BCUT2D eigenvalue weighted by molar-refractivity contribution is -0.162. The van der Waals surface area contributed by atoms with Crippen molar-refractivity contribution in [2.45, 2.75) is 49.7 Å². The minimum atomic E-state index is -6.27. The Hall–Kier alpha value is -3.97. The van der Waals surface area contributed by atoms with Crippen molar-refractivity contribution in [3.05, 3.63) is 64.2 Å². The third-order valence-electron chi connectivity index (χ3n) is 6.25. The average molecular weight is 577 g/mol. The fourth-order valence-electron chi connectivity index (χ4n) is 4.43. The first-order chi connectivity index (χ1) is 22.8. The number of fused-ring (bicyclic) bond motifs is 1. The topological polar surface area (TPSA) is 103 Å². The lowest BCUT2D eigenvalue weighted by Crippen LogP contribution is -2.54. The van der Waals surface area contributed by atoms with Crippen molar-refractivity contribution in [1.82, 2.24) is 29.7 Å². The Morgan fingerprint density at radius 1 is 1.18 bits per heavy atom. The summed E-state index contributed by atoms with van der Waals surface area (Å²) < 4.78 is 158. The van der Waals surface area contributed by atoms with Gasteiger partial charge in [0.05, 0.1) is 12.4 Å². The zero-order chi connectivity index (χ0) is 37.6. The summed E-state index contributed by atoms with van der Waals surface area (Å²) in [6, 6.07) is -2.02. The van der Waals surface area contributed by atoms with Crippen molar-refractivity contribution in [3.63, 3.8) is 0 Å². The Kier molecular flexibility index (Phi) is 4.81. The number of pyridine rings is 1. The maximum Gasteiger partial charge on any atom is 0.406 e. The molecular weight excluding hydrogens is 539 g/mol. The largest absolute Gasteiger partial charge is 0.406 e. The van der Waals surface area contributed by atoms with Gasteiger partial charge in [-0.15, -0.1) is 0 Å². The first-order valence-corrected chi connectivity index (χ1v) is 11.8. The minimum absolute atomic E-state index is 0.0157. The second-order valence-corrected chi connectivity index (χ2v) is 8.78. The van der Waals surface area contributed by atoms with Gasteiger partial charge in [-0.25, -0.2) is 23.4 Å². The lowest BCUT2D eigenvalue weighted by atomic mass is 9.93. The number of nitrogens with one attached hydrogen (secondary N) is 2. The summed E-state index contributed by atoms with van der Waals surface area (Å²) >= 11 is 0. The number of likely N-dealkylation sites (tertiary alicyclic amines) is 2. The molecular formula is C26H27F5N6O3. The van der Waals surface area contributed by atoms with E-state index < -0.39 is 89.6 Å². The van der Waals surface area contributed by atoms with Gasteiger partial charge in [0.25, 0.3) is 0 Å². The number of amides is 3. The number of nitrogens with zero attached hydrogens (tertiary/aromatic N) is 4. The third kappa shape index (κ3) is 5.65. The van der Waals surface area contributed by atoms with Gasteiger partial charge in [-0.3, -0.25) is 14.3 Å². The number of aromatic amines is 1. The van der Waals surface area contributed by atoms with Gasteiger partial charge >= 0.3 is 17.9 Å². The predicted molar refractivity (Wildman–Crippen MR) is 133 cm³/mol. The van der Waals surface area contributed by atoms with Crippen LogP contribution in [0.5, 0.6) is 0 Å². The van der Waals surface area contributed by atoms with Crippen molar-refractivity contribution in [2.75, 3.05) is 26.1 Å². The highest BCUT2D eigenvalue weighted by atomic mass is 19.4. The smallest absolute Gasteiger partial charge is 0.331 e. The van der Waals surface area contributed by atoms with Crippen molar-refractivity contribution >= 4 is 23.1 Å². The Bertz CT molecular complexity index is 1920. The van der Waals surface area contributed by atoms with E-state index in [1.54, 1.807) is 12.1 Å². The molecule has 0 spiro atoms. The first-order valence-electron chi connectivity index (χ1n) is 16.8. The molecule has 0 bridgehead atoms. The molecule has 0 saturated carbocycles. The van der Waals surface area contributed by atoms with Crippen LogP contribution in [0.25, 0.3) is 11.2 Å². The van der Waals surface area contributed by atoms with Crippen LogP contribution in [0.3, 0.4) is 0 Å². The van der Waals surface area contributed by atoms with Crippen LogP contribution in [-0.2, 0) is 4.79 Å². The van der Waals surface area contributed by atoms with Gasteiger partial charge in [0.1, 0.15) is 12.5 Å². The van der Waals surface area contributed by atoms with Crippen LogP contribution in [0.4, 0.5) is 26.7 Å². The van der Waals surface area contributed by atoms with Gasteiger partial charge < -0.3 is 15.1 Å². The van der Waals surface area contributed by atoms with Crippen LogP contribution >= 0.6 is 0 Å². The molecule has 2 atom stereocenters. The normalized spacial score (nSPS) is 32.6. The number of carbonyl (C=O) groups excluding carboxylic acids is 2. The molecule has 2 aliphatic heterocycles. The lowest BCUT2D eigenvalue weighted by Gasteiger charge is -2.34. The van der Waals surface area contributed by atoms with Crippen LogP contribution in [0.2, 0.25) is 0 Å². The number of piperidine rings is 1. The molecule has 2 fully saturated rings. The van der Waals surface area contributed by atoms with E-state index in [1.165, 1.54) is 16.1 Å². The van der Waals surface area contributed by atoms with Crippen molar-refractivity contribution in [2.24, 2.45) is 0 Å². The Labute approximate surface area is 239 Å². The second kappa shape index (κ2) is 10.9. The number of imidazole rings is 1. The molecule has 4 heterocycles. The zero-order valence-corrected chi connectivity index (χ0v) is 20.3. The fraction of sp³-hybridized carbons (Fsp3) is 0.462. The summed E-state index contributed by atoms with van der Waals surface area (Å²) in [5, 5.41) is 1.51. The van der Waals surface area contributed by atoms with Crippen LogP contribution in [-0.4, -0.2) is 74.6 Å². The highest BCUT2D eigenvalue weighted by molar-refractivity contribution is 5.87. The van der Waals surface area contributed by atoms with Gasteiger partial charge in [-0.05, 0) is 49.4 Å². The molecule has 40 heavy (non-hydrogen) atoms. The second-order valence-electron chi connectivity index (χ2n) is 8.78. The fourth-order valence-corrected chi connectivity index (χ4v) is 4.43. The number of hydrogen-bond acceptors (Lipinski definition) is 4. The Balaban J connectivity index is 1.60. The monoisotopic (exact) mass is 576 g/mol. The number of alkyl halides is 3. The highest BCUT2D eigenvalue weighted by Gasteiger charge is 2.40. The number of halogens is 5. The first kappa shape index (κ1) is 17.7. The number of hydrogen-bond donors (Lipinski definition) is 2. The van der Waals surface area contributed by atoms with Crippen LogP contribution in [0.15, 0.2) is 41.3 Å². The molecule has 1 aromatic carbocycles. The molecule has 2 saturated heterocycles. The molecule has 3 amide bonds. The minimum Gasteiger partial charge on any atom is -0.331 e. The molecule has 9 nitrogen and oxygen atoms in total. The van der Waals surface area contributed by atoms with Crippen molar-refractivity contribution < 1.29 is 45.2 Å². The van der Waals surface area contributed by atoms with Crippen LogP contribution in [0.1, 0.15) is 56.8 Å². The highest BCUT2D eigenvalue weighted by Crippen LogP contribution is 2.32. The summed E-state index contributed by atoms with van der Waals surface area (Å²) in [4.78, 5) is 46.1. The zero-order valence-electron chi connectivity index (χ0n) is 30.3. The number of rotatable bonds is 4. The van der Waals surface area contributed by atoms with Gasteiger partial charge in [-0.2, -0.15) is 13.2 Å². The van der Waals surface area contributed by atoms with Gasteiger partial charge in [-0.1, -0.05) is 12.1 Å². The molecule has 2 N–H and O–H groups in total. The summed E-state index contributed by atoms with van der Waals surface area (Å²) in [6.45, 7) is -10.6. The summed E-state index contributed by atoms with van der Waals surface area (Å²) in [7, 11) is 0. The molecule has 214 valence electrons. The van der Waals surface area contributed by atoms with Crippen LogP contribution in [0, 0.1) is 11.6 Å². The number of benzene rings is 1. The summed E-state index contributed by atoms with van der Waals surface area (Å²) in [6.07, 6.45) is -13.8. The Morgan fingerprint density at radius 3 is 2.65 bits per heavy atom. The molecule has 0 radical (unpaired) electrons. The van der Waals surface area contributed by atoms with Crippen molar-refractivity contribution in [3.8, 4) is 0 Å². The number of aromatic nitrogens is 3. The van der Waals surface area contributed by atoms with Gasteiger partial charge in [0.2, 0.25) is 5.91 Å². The van der Waals surface area contributed by atoms with E-state index in [1.807, 2.05) is 0 Å². The summed E-state index contributed by atoms with van der Waals surface area (Å²) in [5.41, 5.74) is -1.60. The van der Waals surface area contributed by atoms with Gasteiger partial charge in [0, 0.05) is 44.6 Å². The van der Waals surface area contributed by atoms with E-state index in [9.17, 15) is 31.9 Å². The average Bonchev–Trinajstić information content (AvgIpc) is 3.35. The van der Waals surface area contributed by atoms with E-state index >= 15 is 4.39 Å². The van der Waals surface area contributed by atoms with E-state index in [0.29, 0.717) is 23.7 Å². The number of carbonyl (C=O) groups is 2. The van der Waals surface area contributed by atoms with E-state index in [-0.39, 0.29) is 31.6 Å². The molecule has 2 aliphatic rings. The Morgan fingerprint density at radius 2 is 1.93 bits per heavy atom. The quantitative estimate of drug-likeness (QED) is 0.463. The molecule has 0 aliphatic carbocycles. The molecule has 0 unspecified atom stereocenters. The summed E-state index contributed by atoms with van der Waals surface area (Å²) in [5.74, 6) is -11.4. The number of urea groups is 1. The predicted octanol–water partition coefficient (Wildman–Crippen LogP) is 3.69. The van der Waals surface area contributed by atoms with Crippen LogP contribution < -0.4 is 11.0 Å². The van der Waals surface area contributed by atoms with E-state index in [2.05, 4.69) is 9.97 Å². The van der Waals surface area contributed by atoms with Crippen molar-refractivity contribution in [1.29, 1.82) is 0 Å². The number of H-pyrrole nitrogens is 1. The van der Waals surface area contributed by atoms with Gasteiger partial charge in [0.15, 0.2) is 17.3 Å². The van der Waals surface area contributed by atoms with E-state index in [0.717, 1.165) is 4.90 Å².